The van der Waals surface area contributed by atoms with Gasteiger partial charge in [0, 0.05) is 76.5 Å². The Hall–Kier alpha value is -19.4. The molecule has 3 aromatic heterocycles. The van der Waals surface area contributed by atoms with Gasteiger partial charge in [-0.25, -0.2) is 4.39 Å². The van der Waals surface area contributed by atoms with Gasteiger partial charge >= 0.3 is 0 Å². The summed E-state index contributed by atoms with van der Waals surface area (Å²) in [6, 6.07) is 171. The summed E-state index contributed by atoms with van der Waals surface area (Å²) in [6.45, 7) is 2.23. The molecule has 0 radical (unpaired) electrons. The highest BCUT2D eigenvalue weighted by atomic mass is 19.1. The monoisotopic (exact) mass is 1900 g/mol. The van der Waals surface area contributed by atoms with E-state index in [1.807, 2.05) is 97.1 Å². The molecule has 31 aromatic rings. The first kappa shape index (κ1) is 81.1. The van der Waals surface area contributed by atoms with Gasteiger partial charge in [-0.15, -0.1) is 0 Å². The molecule has 0 bridgehead atoms. The summed E-state index contributed by atoms with van der Waals surface area (Å²) >= 11 is 0. The minimum atomic E-state index is -0.406. The maximum absolute atomic E-state index is 15.7. The second-order valence-corrected chi connectivity index (χ2v) is 38.8. The third-order valence-corrected chi connectivity index (χ3v) is 30.9. The van der Waals surface area contributed by atoms with Crippen molar-refractivity contribution in [3.63, 3.8) is 0 Å². The highest BCUT2D eigenvalue weighted by molar-refractivity contribution is 6.31. The molecule has 31 rings (SSSR count). The number of rotatable bonds is 10. The van der Waals surface area contributed by atoms with E-state index in [-0.39, 0.29) is 35.6 Å². The zero-order valence-electron chi connectivity index (χ0n) is 85.9. The Morgan fingerprint density at radius 1 is 0.154 bits per heavy atom. The maximum atomic E-state index is 15.7. The maximum Gasteiger partial charge on any atom is 0.143 e. The highest BCUT2D eigenvalue weighted by Crippen LogP contribution is 2.55. The van der Waals surface area contributed by atoms with Crippen LogP contribution >= 0.6 is 0 Å². The lowest BCUT2D eigenvalue weighted by molar-refractivity contribution is 0.651. The number of furan rings is 3. The number of benzene rings is 28. The van der Waals surface area contributed by atoms with Gasteiger partial charge in [0.2, 0.25) is 0 Å². The summed E-state index contributed by atoms with van der Waals surface area (Å²) in [4.78, 5) is 0. The molecule has 0 aliphatic carbocycles. The quantitative estimate of drug-likeness (QED) is 0.128. The van der Waals surface area contributed by atoms with Crippen molar-refractivity contribution in [2.75, 3.05) is 0 Å². The minimum absolute atomic E-state index is 0.183. The Bertz CT molecular complexity index is 10500. The van der Waals surface area contributed by atoms with Crippen LogP contribution < -0.4 is 0 Å². The largest absolute Gasteiger partial charge is 0.455 e. The van der Waals surface area contributed by atoms with Crippen LogP contribution in [0.5, 0.6) is 0 Å². The van der Waals surface area contributed by atoms with Crippen LogP contribution in [0.4, 0.5) is 4.39 Å². The van der Waals surface area contributed by atoms with Gasteiger partial charge in [0.15, 0.2) is 0 Å². The van der Waals surface area contributed by atoms with Gasteiger partial charge in [0.25, 0.3) is 0 Å². The Balaban J connectivity index is 0.000000108. The lowest BCUT2D eigenvalue weighted by Gasteiger charge is -2.17. The Morgan fingerprint density at radius 2 is 0.342 bits per heavy atom. The summed E-state index contributed by atoms with van der Waals surface area (Å²) in [5, 5.41) is 32.4. The third kappa shape index (κ3) is 13.9. The lowest BCUT2D eigenvalue weighted by atomic mass is 9.85. The summed E-state index contributed by atoms with van der Waals surface area (Å²) in [5.74, 6) is -0.183. The molecule has 3 nitrogen and oxygen atoms in total. The van der Waals surface area contributed by atoms with Crippen molar-refractivity contribution >= 4 is 195 Å². The van der Waals surface area contributed by atoms with Gasteiger partial charge < -0.3 is 13.3 Å². The summed E-state index contributed by atoms with van der Waals surface area (Å²) < 4.78 is 79.6. The van der Waals surface area contributed by atoms with Crippen LogP contribution in [0.2, 0.25) is 0 Å². The first-order chi connectivity index (χ1) is 75.9. The zero-order valence-corrected chi connectivity index (χ0v) is 80.9. The van der Waals surface area contributed by atoms with Gasteiger partial charge in [-0.05, 0) is 245 Å². The van der Waals surface area contributed by atoms with Crippen molar-refractivity contribution in [2.24, 2.45) is 0 Å². The zero-order chi connectivity index (χ0) is 103. The molecular formula is C145H89FO3. The summed E-state index contributed by atoms with van der Waals surface area (Å²) in [6.07, 6.45) is 0. The van der Waals surface area contributed by atoms with Crippen LogP contribution in [-0.4, -0.2) is 0 Å². The van der Waals surface area contributed by atoms with Crippen molar-refractivity contribution in [3.8, 4) is 111 Å². The van der Waals surface area contributed by atoms with Crippen LogP contribution in [0.3, 0.4) is 0 Å². The van der Waals surface area contributed by atoms with E-state index in [4.69, 9.17) is 20.1 Å². The van der Waals surface area contributed by atoms with E-state index in [9.17, 15) is 0 Å². The Labute approximate surface area is 864 Å². The van der Waals surface area contributed by atoms with E-state index >= 15 is 4.39 Å². The van der Waals surface area contributed by atoms with Crippen LogP contribution in [0, 0.1) is 12.7 Å². The molecule has 0 spiro atoms. The van der Waals surface area contributed by atoms with E-state index in [0.29, 0.717) is 16.3 Å². The normalized spacial score (nSPS) is 12.3. The number of aryl methyl sites for hydroxylation is 1. The standard InChI is InChI=1S/C52H32O.C47H30O.C46H27FO/c1-3-16-33(17-4-1)48-37-20-7-9-22-39(37)50(40-23-10-8-21-38(40)48)35-30-31-36-45-28-15-29-46(52(45)53-47(36)32-35)51-43-26-13-11-24-41(43)49(34-18-5-2-6-19-34)42-25-12-14-27-44(42)51;1-29-32-16-5-7-18-35(32)45(36-19-8-6-17-33(29)36)31-26-27-34-41-24-13-25-42(47(41)48-43(34)28-31)46-39-22-11-9-20-37(39)44(30-14-3-2-4-15-30)38-21-10-12-23-40(38)46;47-45-37-21-10-8-19-35(37)43(36-20-9-11-22-38(36)45)29-25-26-30-39-23-12-24-40(46(39)48-41(30)27-29)44-33-17-6-4-15-31(33)42(28-13-2-1-3-14-28)32-16-5-7-18-34(32)44/h1-32H;2-28H,1H3;1-27H/i1D,3D,4D,16D,17D;;. The number of para-hydroxylation sites is 3. The molecule has 3 heterocycles. The smallest absolute Gasteiger partial charge is 0.143 e. The van der Waals surface area contributed by atoms with Crippen molar-refractivity contribution in [2.45, 2.75) is 6.92 Å². The molecule has 0 atom stereocenters. The van der Waals surface area contributed by atoms with Crippen LogP contribution in [0.15, 0.2) is 535 Å². The van der Waals surface area contributed by atoms with Gasteiger partial charge in [-0.2, -0.15) is 0 Å². The fraction of sp³-hybridized carbons (Fsp3) is 0.00690. The van der Waals surface area contributed by atoms with Gasteiger partial charge in [-0.1, -0.05) is 485 Å². The number of hydrogen-bond donors (Lipinski definition) is 0. The summed E-state index contributed by atoms with van der Waals surface area (Å²) in [5.41, 5.74) is 27.6. The van der Waals surface area contributed by atoms with Crippen molar-refractivity contribution in [1.82, 2.24) is 0 Å². The third-order valence-electron chi connectivity index (χ3n) is 30.9. The predicted molar refractivity (Wildman–Crippen MR) is 630 cm³/mol. The molecule has 694 valence electrons. The number of halogens is 1. The van der Waals surface area contributed by atoms with Crippen molar-refractivity contribution < 1.29 is 24.5 Å². The molecule has 28 aromatic carbocycles. The molecule has 0 amide bonds. The van der Waals surface area contributed by atoms with Gasteiger partial charge in [0.1, 0.15) is 39.3 Å². The molecule has 0 saturated heterocycles. The van der Waals surface area contributed by atoms with Gasteiger partial charge in [-0.3, -0.25) is 0 Å². The SMILES string of the molecule is Cc1c2ccccc2c(-c2ccc3c(c2)oc2c(-c4c5ccccc5c(-c5ccccc5)c5ccccc45)cccc23)c2ccccc12.Fc1c2ccccc2c(-c2ccc3c(c2)oc2c(-c4c5ccccc5c(-c5ccccc5)c5ccccc45)cccc23)c2ccccc12.[2H]c1c([2H])c([2H])c(-c2c3ccccc3c(-c3ccc4c(c3)oc3c(-c5c6ccccc6c(-c6ccccc6)c6ccccc56)cccc34)c3ccccc23)c([2H])c1[2H]. The molecule has 0 N–H and O–H groups in total. The van der Waals surface area contributed by atoms with E-state index in [1.54, 1.807) is 0 Å². The first-order valence-electron chi connectivity index (χ1n) is 53.3. The van der Waals surface area contributed by atoms with Gasteiger partial charge in [0.05, 0.1) is 6.85 Å². The van der Waals surface area contributed by atoms with E-state index < -0.39 is 6.04 Å². The first-order valence-corrected chi connectivity index (χ1v) is 50.8. The van der Waals surface area contributed by atoms with E-state index in [2.05, 4.69) is 401 Å². The molecule has 0 aliphatic heterocycles. The van der Waals surface area contributed by atoms with Crippen LogP contribution in [0.1, 0.15) is 12.4 Å². The minimum Gasteiger partial charge on any atom is -0.455 e. The fourth-order valence-electron chi connectivity index (χ4n) is 24.6. The fourth-order valence-corrected chi connectivity index (χ4v) is 24.6. The highest BCUT2D eigenvalue weighted by Gasteiger charge is 2.29. The second-order valence-electron chi connectivity index (χ2n) is 38.8. The van der Waals surface area contributed by atoms with E-state index in [1.165, 1.54) is 137 Å². The Kier molecular flexibility index (Phi) is 19.2. The second kappa shape index (κ2) is 35.3. The van der Waals surface area contributed by atoms with Crippen LogP contribution in [0.25, 0.3) is 306 Å². The van der Waals surface area contributed by atoms with Crippen molar-refractivity contribution in [3.05, 3.63) is 533 Å². The molecule has 0 fully saturated rings. The Morgan fingerprint density at radius 3 is 0.591 bits per heavy atom. The molecular weight excluding hydrogens is 1810 g/mol. The van der Waals surface area contributed by atoms with Crippen molar-refractivity contribution in [1.29, 1.82) is 0 Å². The molecule has 0 saturated carbocycles. The van der Waals surface area contributed by atoms with Crippen LogP contribution in [-0.2, 0) is 0 Å². The van der Waals surface area contributed by atoms with E-state index in [0.717, 1.165) is 153 Å². The lowest BCUT2D eigenvalue weighted by Crippen LogP contribution is -1.90. The average molecular weight is 1900 g/mol. The number of fused-ring (bicyclic) bond motifs is 21. The molecule has 0 aliphatic rings. The molecule has 149 heavy (non-hydrogen) atoms. The summed E-state index contributed by atoms with van der Waals surface area (Å²) in [7, 11) is 0. The molecule has 4 heteroatoms. The average Bonchev–Trinajstić information content (AvgIpc) is 1.61. The predicted octanol–water partition coefficient (Wildman–Crippen LogP) is 41.7. The molecule has 0 unspecified atom stereocenters. The topological polar surface area (TPSA) is 39.4 Å². The number of hydrogen-bond acceptors (Lipinski definition) is 3.